The second-order valence-electron chi connectivity index (χ2n) is 5.55. The number of hydrogen-bond donors (Lipinski definition) is 1. The SMILES string of the molecule is CCc1ccc(O[C@H](CC)C(=O)N[C@@H](C)C(C)C)cc1. The molecule has 0 radical (unpaired) electrons. The van der Waals surface area contributed by atoms with Crippen LogP contribution in [0.2, 0.25) is 0 Å². The minimum atomic E-state index is -0.427. The number of carbonyl (C=O) groups excluding carboxylic acids is 1. The Balaban J connectivity index is 2.63. The van der Waals surface area contributed by atoms with Gasteiger partial charge in [-0.05, 0) is 43.4 Å². The molecule has 112 valence electrons. The average Bonchev–Trinajstić information content (AvgIpc) is 2.44. The van der Waals surface area contributed by atoms with E-state index in [0.717, 1.165) is 12.2 Å². The Bertz CT molecular complexity index is 412. The monoisotopic (exact) mass is 277 g/mol. The van der Waals surface area contributed by atoms with Gasteiger partial charge >= 0.3 is 0 Å². The number of rotatable bonds is 7. The van der Waals surface area contributed by atoms with Crippen LogP contribution in [0.1, 0.15) is 46.6 Å². The van der Waals surface area contributed by atoms with Crippen molar-refractivity contribution < 1.29 is 9.53 Å². The first-order valence-electron chi connectivity index (χ1n) is 7.53. The Labute approximate surface area is 122 Å². The van der Waals surface area contributed by atoms with Crippen molar-refractivity contribution >= 4 is 5.91 Å². The number of benzene rings is 1. The number of aryl methyl sites for hydroxylation is 1. The van der Waals surface area contributed by atoms with E-state index >= 15 is 0 Å². The molecule has 0 spiro atoms. The zero-order valence-corrected chi connectivity index (χ0v) is 13.3. The van der Waals surface area contributed by atoms with Gasteiger partial charge in [-0.25, -0.2) is 0 Å². The quantitative estimate of drug-likeness (QED) is 0.827. The summed E-state index contributed by atoms with van der Waals surface area (Å²) in [5.41, 5.74) is 1.27. The fraction of sp³-hybridized carbons (Fsp3) is 0.588. The van der Waals surface area contributed by atoms with E-state index in [4.69, 9.17) is 4.74 Å². The molecule has 3 heteroatoms. The van der Waals surface area contributed by atoms with Crippen molar-refractivity contribution in [2.24, 2.45) is 5.92 Å². The highest BCUT2D eigenvalue weighted by atomic mass is 16.5. The minimum absolute atomic E-state index is 0.0340. The summed E-state index contributed by atoms with van der Waals surface area (Å²) in [6.45, 7) is 10.3. The second-order valence-corrected chi connectivity index (χ2v) is 5.55. The number of ether oxygens (including phenoxy) is 1. The molecule has 0 heterocycles. The summed E-state index contributed by atoms with van der Waals surface area (Å²) in [7, 11) is 0. The van der Waals surface area contributed by atoms with Crippen molar-refractivity contribution in [3.05, 3.63) is 29.8 Å². The van der Waals surface area contributed by atoms with E-state index in [1.807, 2.05) is 38.1 Å². The Morgan fingerprint density at radius 1 is 1.15 bits per heavy atom. The Morgan fingerprint density at radius 2 is 1.75 bits per heavy atom. The Hall–Kier alpha value is -1.51. The Morgan fingerprint density at radius 3 is 2.20 bits per heavy atom. The molecule has 3 nitrogen and oxygen atoms in total. The maximum absolute atomic E-state index is 12.2. The molecule has 1 amide bonds. The maximum atomic E-state index is 12.2. The van der Waals surface area contributed by atoms with Crippen LogP contribution in [-0.2, 0) is 11.2 Å². The fourth-order valence-electron chi connectivity index (χ4n) is 1.77. The van der Waals surface area contributed by atoms with Crippen LogP contribution in [0.5, 0.6) is 5.75 Å². The van der Waals surface area contributed by atoms with Crippen LogP contribution in [0.3, 0.4) is 0 Å². The lowest BCUT2D eigenvalue weighted by Gasteiger charge is -2.22. The summed E-state index contributed by atoms with van der Waals surface area (Å²) in [5.74, 6) is 1.13. The Kier molecular flexibility index (Phi) is 6.56. The third-order valence-corrected chi connectivity index (χ3v) is 3.64. The first-order valence-corrected chi connectivity index (χ1v) is 7.53. The van der Waals surface area contributed by atoms with Gasteiger partial charge in [0.2, 0.25) is 0 Å². The predicted molar refractivity (Wildman–Crippen MR) is 83.0 cm³/mol. The van der Waals surface area contributed by atoms with Gasteiger partial charge in [0.15, 0.2) is 6.10 Å². The summed E-state index contributed by atoms with van der Waals surface area (Å²) >= 11 is 0. The van der Waals surface area contributed by atoms with Crippen molar-refractivity contribution in [1.29, 1.82) is 0 Å². The topological polar surface area (TPSA) is 38.3 Å². The molecule has 0 saturated heterocycles. The number of hydrogen-bond acceptors (Lipinski definition) is 2. The van der Waals surface area contributed by atoms with Gasteiger partial charge in [-0.2, -0.15) is 0 Å². The van der Waals surface area contributed by atoms with Crippen LogP contribution in [0.4, 0.5) is 0 Å². The first kappa shape index (κ1) is 16.5. The lowest BCUT2D eigenvalue weighted by Crippen LogP contribution is -2.44. The highest BCUT2D eigenvalue weighted by Gasteiger charge is 2.21. The highest BCUT2D eigenvalue weighted by Crippen LogP contribution is 2.15. The van der Waals surface area contributed by atoms with Crippen LogP contribution in [-0.4, -0.2) is 18.1 Å². The van der Waals surface area contributed by atoms with Crippen molar-refractivity contribution in [1.82, 2.24) is 5.32 Å². The molecule has 20 heavy (non-hydrogen) atoms. The molecule has 0 aliphatic rings. The van der Waals surface area contributed by atoms with Crippen molar-refractivity contribution in [2.45, 2.75) is 59.6 Å². The van der Waals surface area contributed by atoms with E-state index in [0.29, 0.717) is 12.3 Å². The van der Waals surface area contributed by atoms with Gasteiger partial charge in [0.05, 0.1) is 0 Å². The highest BCUT2D eigenvalue weighted by molar-refractivity contribution is 5.81. The molecular weight excluding hydrogens is 250 g/mol. The summed E-state index contributed by atoms with van der Waals surface area (Å²) in [5, 5.41) is 3.01. The normalized spacial score (nSPS) is 13.9. The van der Waals surface area contributed by atoms with Gasteiger partial charge in [-0.15, -0.1) is 0 Å². The van der Waals surface area contributed by atoms with E-state index in [2.05, 4.69) is 26.1 Å². The van der Waals surface area contributed by atoms with Crippen LogP contribution < -0.4 is 10.1 Å². The van der Waals surface area contributed by atoms with Gasteiger partial charge in [0, 0.05) is 6.04 Å². The molecule has 0 aromatic heterocycles. The molecule has 0 aliphatic heterocycles. The predicted octanol–water partition coefficient (Wildman–Crippen LogP) is 3.57. The van der Waals surface area contributed by atoms with Crippen LogP contribution in [0.15, 0.2) is 24.3 Å². The van der Waals surface area contributed by atoms with E-state index in [9.17, 15) is 4.79 Å². The molecule has 0 saturated carbocycles. The third-order valence-electron chi connectivity index (χ3n) is 3.64. The summed E-state index contributed by atoms with van der Waals surface area (Å²) in [6.07, 6.45) is 1.24. The maximum Gasteiger partial charge on any atom is 0.261 e. The number of nitrogens with one attached hydrogen (secondary N) is 1. The lowest BCUT2D eigenvalue weighted by molar-refractivity contribution is -0.129. The van der Waals surface area contributed by atoms with E-state index in [1.54, 1.807) is 0 Å². The first-order chi connectivity index (χ1) is 9.47. The zero-order chi connectivity index (χ0) is 15.1. The van der Waals surface area contributed by atoms with E-state index < -0.39 is 6.10 Å². The standard InChI is InChI=1S/C17H27NO2/c1-6-14-8-10-15(11-9-14)20-16(7-2)17(19)18-13(5)12(3)4/h8-13,16H,6-7H2,1-5H3,(H,18,19)/t13-,16+/m0/s1. The molecule has 1 aromatic carbocycles. The molecule has 0 bridgehead atoms. The lowest BCUT2D eigenvalue weighted by atomic mass is 10.1. The van der Waals surface area contributed by atoms with Crippen LogP contribution in [0, 0.1) is 5.92 Å². The van der Waals surface area contributed by atoms with Crippen LogP contribution >= 0.6 is 0 Å². The zero-order valence-electron chi connectivity index (χ0n) is 13.3. The molecule has 1 N–H and O–H groups in total. The van der Waals surface area contributed by atoms with Gasteiger partial charge in [0.1, 0.15) is 5.75 Å². The largest absolute Gasteiger partial charge is 0.481 e. The van der Waals surface area contributed by atoms with Crippen molar-refractivity contribution in [3.63, 3.8) is 0 Å². The van der Waals surface area contributed by atoms with Crippen molar-refractivity contribution in [2.75, 3.05) is 0 Å². The fourth-order valence-corrected chi connectivity index (χ4v) is 1.77. The summed E-state index contributed by atoms with van der Waals surface area (Å²) < 4.78 is 5.79. The molecular formula is C17H27NO2. The molecule has 0 aliphatic carbocycles. The van der Waals surface area contributed by atoms with Crippen molar-refractivity contribution in [3.8, 4) is 5.75 Å². The smallest absolute Gasteiger partial charge is 0.261 e. The molecule has 1 rings (SSSR count). The third kappa shape index (κ3) is 4.87. The molecule has 1 aromatic rings. The van der Waals surface area contributed by atoms with Crippen LogP contribution in [0.25, 0.3) is 0 Å². The van der Waals surface area contributed by atoms with Gasteiger partial charge in [-0.3, -0.25) is 4.79 Å². The van der Waals surface area contributed by atoms with Gasteiger partial charge in [-0.1, -0.05) is 39.8 Å². The average molecular weight is 277 g/mol. The summed E-state index contributed by atoms with van der Waals surface area (Å²) in [6, 6.07) is 8.09. The molecule has 0 fully saturated rings. The summed E-state index contributed by atoms with van der Waals surface area (Å²) in [4.78, 5) is 12.2. The number of carbonyl (C=O) groups is 1. The number of amides is 1. The minimum Gasteiger partial charge on any atom is -0.481 e. The van der Waals surface area contributed by atoms with Gasteiger partial charge < -0.3 is 10.1 Å². The van der Waals surface area contributed by atoms with Gasteiger partial charge in [0.25, 0.3) is 5.91 Å². The van der Waals surface area contributed by atoms with E-state index in [1.165, 1.54) is 5.56 Å². The van der Waals surface area contributed by atoms with E-state index in [-0.39, 0.29) is 11.9 Å². The molecule has 0 unspecified atom stereocenters. The second kappa shape index (κ2) is 7.93. The molecule has 2 atom stereocenters.